The summed E-state index contributed by atoms with van der Waals surface area (Å²) >= 11 is 0. The molecule has 1 aromatic rings. The van der Waals surface area contributed by atoms with Gasteiger partial charge in [0, 0.05) is 11.7 Å². The van der Waals surface area contributed by atoms with Crippen LogP contribution in [-0.4, -0.2) is 21.4 Å². The van der Waals surface area contributed by atoms with Crippen LogP contribution < -0.4 is 0 Å². The van der Waals surface area contributed by atoms with Crippen molar-refractivity contribution in [2.75, 3.05) is 0 Å². The summed E-state index contributed by atoms with van der Waals surface area (Å²) in [5.41, 5.74) is 0.572. The number of hydrogen-bond donors (Lipinski definition) is 1. The summed E-state index contributed by atoms with van der Waals surface area (Å²) in [5.74, 6) is -0.844. The maximum absolute atomic E-state index is 10.0. The summed E-state index contributed by atoms with van der Waals surface area (Å²) in [6, 6.07) is 0. The monoisotopic (exact) mass is 142 g/mol. The van der Waals surface area contributed by atoms with Gasteiger partial charge in [0.05, 0.1) is 6.42 Å². The van der Waals surface area contributed by atoms with Gasteiger partial charge in [-0.25, -0.2) is 0 Å². The average molecular weight is 142 g/mol. The van der Waals surface area contributed by atoms with E-state index in [0.29, 0.717) is 12.1 Å². The number of carbonyl (C=O) groups is 1. The highest BCUT2D eigenvalue weighted by Crippen LogP contribution is 1.95. The van der Waals surface area contributed by atoms with Gasteiger partial charge >= 0.3 is 5.97 Å². The largest absolute Gasteiger partial charge is 0.481 e. The second-order valence-electron chi connectivity index (χ2n) is 1.79. The minimum atomic E-state index is -0.844. The van der Waals surface area contributed by atoms with Gasteiger partial charge in [-0.2, -0.15) is 0 Å². The number of aliphatic carboxylic acids is 1. The molecule has 0 saturated heterocycles. The zero-order valence-electron chi connectivity index (χ0n) is 5.15. The first-order valence-electron chi connectivity index (χ1n) is 2.77. The fourth-order valence-corrected chi connectivity index (χ4v) is 0.528. The molecule has 0 aromatic carbocycles. The highest BCUT2D eigenvalue weighted by Gasteiger charge is 2.00. The Hall–Kier alpha value is -1.39. The second-order valence-corrected chi connectivity index (χ2v) is 1.79. The Kier molecular flexibility index (Phi) is 1.99. The third kappa shape index (κ3) is 1.85. The first kappa shape index (κ1) is 6.73. The summed E-state index contributed by atoms with van der Waals surface area (Å²) in [7, 11) is 0. The number of carboxylic acids is 1. The molecule has 0 bridgehead atoms. The molecule has 0 atom stereocenters. The zero-order chi connectivity index (χ0) is 7.40. The van der Waals surface area contributed by atoms with Crippen LogP contribution in [0.5, 0.6) is 0 Å². The van der Waals surface area contributed by atoms with Crippen LogP contribution in [0, 0.1) is 0 Å². The Bertz CT molecular complexity index is 207. The Morgan fingerprint density at radius 3 is 3.10 bits per heavy atom. The van der Waals surface area contributed by atoms with E-state index >= 15 is 0 Å². The predicted molar refractivity (Wildman–Crippen MR) is 30.3 cm³/mol. The number of rotatable bonds is 3. The van der Waals surface area contributed by atoms with Gasteiger partial charge in [0.25, 0.3) is 0 Å². The van der Waals surface area contributed by atoms with Crippen LogP contribution in [0.15, 0.2) is 10.8 Å². The van der Waals surface area contributed by atoms with E-state index in [4.69, 9.17) is 5.11 Å². The molecule has 5 heteroatoms. The zero-order valence-corrected chi connectivity index (χ0v) is 5.15. The van der Waals surface area contributed by atoms with Gasteiger partial charge in [0.15, 0.2) is 0 Å². The normalized spacial score (nSPS) is 9.60. The van der Waals surface area contributed by atoms with Crippen LogP contribution in [-0.2, 0) is 11.2 Å². The van der Waals surface area contributed by atoms with E-state index < -0.39 is 5.97 Å². The lowest BCUT2D eigenvalue weighted by molar-refractivity contribution is -0.136. The van der Waals surface area contributed by atoms with Gasteiger partial charge in [0.2, 0.25) is 0 Å². The quantitative estimate of drug-likeness (QED) is 0.647. The molecular weight excluding hydrogens is 136 g/mol. The first-order valence-corrected chi connectivity index (χ1v) is 2.77. The molecule has 0 aliphatic rings. The number of aromatic nitrogens is 2. The predicted octanol–water partition coefficient (Wildman–Crippen LogP) is 0.0868. The van der Waals surface area contributed by atoms with Crippen molar-refractivity contribution in [2.45, 2.75) is 12.8 Å². The van der Waals surface area contributed by atoms with Crippen LogP contribution in [0.3, 0.4) is 0 Å². The fraction of sp³-hybridized carbons (Fsp3) is 0.400. The lowest BCUT2D eigenvalue weighted by Gasteiger charge is -1.86. The molecule has 0 amide bonds. The topological polar surface area (TPSA) is 76.2 Å². The molecular formula is C5H6N2O3. The van der Waals surface area contributed by atoms with Crippen molar-refractivity contribution < 1.29 is 14.4 Å². The van der Waals surface area contributed by atoms with Gasteiger partial charge in [-0.1, -0.05) is 0 Å². The molecule has 0 unspecified atom stereocenters. The summed E-state index contributed by atoms with van der Waals surface area (Å²) in [6.45, 7) is 0. The minimum absolute atomic E-state index is 0.0637. The maximum atomic E-state index is 10.0. The van der Waals surface area contributed by atoms with Crippen LogP contribution in [0.1, 0.15) is 12.1 Å². The minimum Gasteiger partial charge on any atom is -0.481 e. The fourth-order valence-electron chi connectivity index (χ4n) is 0.528. The van der Waals surface area contributed by atoms with Gasteiger partial charge in [0.1, 0.15) is 12.0 Å². The average Bonchev–Trinajstić information content (AvgIpc) is 2.34. The SMILES string of the molecule is O=C(O)CCc1conn1. The lowest BCUT2D eigenvalue weighted by Crippen LogP contribution is -1.97. The summed E-state index contributed by atoms with van der Waals surface area (Å²) in [6.07, 6.45) is 1.77. The van der Waals surface area contributed by atoms with Crippen LogP contribution in [0.2, 0.25) is 0 Å². The van der Waals surface area contributed by atoms with Crippen molar-refractivity contribution in [2.24, 2.45) is 0 Å². The number of hydrogen-bond acceptors (Lipinski definition) is 4. The standard InChI is InChI=1S/C5H6N2O3/c8-5(9)2-1-4-3-10-7-6-4/h3H,1-2H2,(H,8,9). The van der Waals surface area contributed by atoms with Gasteiger partial charge < -0.3 is 9.63 Å². The molecule has 10 heavy (non-hydrogen) atoms. The van der Waals surface area contributed by atoms with E-state index in [9.17, 15) is 4.79 Å². The molecule has 5 nitrogen and oxygen atoms in total. The molecule has 1 N–H and O–H groups in total. The van der Waals surface area contributed by atoms with E-state index in [1.54, 1.807) is 0 Å². The maximum Gasteiger partial charge on any atom is 0.303 e. The Labute approximate surface area is 56.6 Å². The van der Waals surface area contributed by atoms with E-state index in [0.717, 1.165) is 0 Å². The number of nitrogens with zero attached hydrogens (tertiary/aromatic N) is 2. The third-order valence-corrected chi connectivity index (χ3v) is 1.00. The van der Waals surface area contributed by atoms with Gasteiger partial charge in [-0.3, -0.25) is 4.79 Å². The second kappa shape index (κ2) is 2.95. The summed E-state index contributed by atoms with van der Waals surface area (Å²) < 4.78 is 4.39. The van der Waals surface area contributed by atoms with Crippen LogP contribution in [0.25, 0.3) is 0 Å². The summed E-state index contributed by atoms with van der Waals surface area (Å²) in [5, 5.41) is 14.9. The molecule has 0 spiro atoms. The van der Waals surface area contributed by atoms with Crippen molar-refractivity contribution in [3.63, 3.8) is 0 Å². The molecule has 0 radical (unpaired) electrons. The molecule has 1 rings (SSSR count). The molecule has 1 heterocycles. The first-order chi connectivity index (χ1) is 4.79. The smallest absolute Gasteiger partial charge is 0.303 e. The van der Waals surface area contributed by atoms with Gasteiger partial charge in [-0.05, 0) is 0 Å². The molecule has 0 fully saturated rings. The Balaban J connectivity index is 2.35. The van der Waals surface area contributed by atoms with Gasteiger partial charge in [-0.15, -0.1) is 5.10 Å². The molecule has 0 saturated carbocycles. The Morgan fingerprint density at radius 2 is 2.60 bits per heavy atom. The molecule has 0 aliphatic heterocycles. The number of carboxylic acid groups (broad SMARTS) is 1. The van der Waals surface area contributed by atoms with E-state index in [-0.39, 0.29) is 6.42 Å². The van der Waals surface area contributed by atoms with E-state index in [2.05, 4.69) is 14.9 Å². The Morgan fingerprint density at radius 1 is 1.80 bits per heavy atom. The highest BCUT2D eigenvalue weighted by atomic mass is 16.5. The van der Waals surface area contributed by atoms with Crippen molar-refractivity contribution >= 4 is 5.97 Å². The van der Waals surface area contributed by atoms with Crippen LogP contribution >= 0.6 is 0 Å². The van der Waals surface area contributed by atoms with Crippen LogP contribution in [0.4, 0.5) is 0 Å². The summed E-state index contributed by atoms with van der Waals surface area (Å²) in [4.78, 5) is 10.0. The third-order valence-electron chi connectivity index (χ3n) is 1.00. The van der Waals surface area contributed by atoms with E-state index in [1.807, 2.05) is 0 Å². The van der Waals surface area contributed by atoms with Crippen molar-refractivity contribution in [3.05, 3.63) is 12.0 Å². The molecule has 54 valence electrons. The molecule has 0 aliphatic carbocycles. The van der Waals surface area contributed by atoms with Crippen molar-refractivity contribution in [1.29, 1.82) is 0 Å². The highest BCUT2D eigenvalue weighted by molar-refractivity contribution is 5.66. The van der Waals surface area contributed by atoms with Crippen molar-refractivity contribution in [1.82, 2.24) is 10.4 Å². The van der Waals surface area contributed by atoms with E-state index in [1.165, 1.54) is 6.26 Å². The van der Waals surface area contributed by atoms with Crippen molar-refractivity contribution in [3.8, 4) is 0 Å². The lowest BCUT2D eigenvalue weighted by atomic mass is 10.2. The number of aryl methyl sites for hydroxylation is 1. The molecule has 1 aromatic heterocycles.